The van der Waals surface area contributed by atoms with Crippen LogP contribution in [-0.4, -0.2) is 35.1 Å². The quantitative estimate of drug-likeness (QED) is 0.554. The number of thioether (sulfide) groups is 1. The Kier molecular flexibility index (Phi) is 9.73. The van der Waals surface area contributed by atoms with Gasteiger partial charge in [-0.3, -0.25) is 9.59 Å². The highest BCUT2D eigenvalue weighted by Crippen LogP contribution is 2.19. The number of carbonyl (C=O) groups excluding carboxylic acids is 2. The van der Waals surface area contributed by atoms with Gasteiger partial charge in [0.25, 0.3) is 0 Å². The maximum absolute atomic E-state index is 13.1. The molecule has 0 saturated heterocycles. The third kappa shape index (κ3) is 7.69. The third-order valence-electron chi connectivity index (χ3n) is 4.86. The minimum Gasteiger partial charge on any atom is -0.354 e. The predicted octanol–water partition coefficient (Wildman–Crippen LogP) is 5.07. The molecule has 0 fully saturated rings. The van der Waals surface area contributed by atoms with Crippen LogP contribution >= 0.6 is 23.4 Å². The first-order chi connectivity index (χ1) is 14.3. The minimum absolute atomic E-state index is 0.0456. The summed E-state index contributed by atoms with van der Waals surface area (Å²) in [6, 6.07) is 15.0. The summed E-state index contributed by atoms with van der Waals surface area (Å²) in [6.07, 6.45) is 0. The normalized spacial score (nSPS) is 11.9. The summed E-state index contributed by atoms with van der Waals surface area (Å²) in [4.78, 5) is 27.4. The molecule has 2 amide bonds. The fourth-order valence-corrected chi connectivity index (χ4v) is 4.04. The van der Waals surface area contributed by atoms with Crippen LogP contribution in [-0.2, 0) is 21.9 Å². The third-order valence-corrected chi connectivity index (χ3v) is 6.08. The van der Waals surface area contributed by atoms with Crippen molar-refractivity contribution in [3.63, 3.8) is 0 Å². The first-order valence-corrected chi connectivity index (χ1v) is 11.7. The van der Waals surface area contributed by atoms with Gasteiger partial charge in [-0.2, -0.15) is 0 Å². The molecule has 0 heterocycles. The molecule has 0 aromatic heterocycles. The summed E-state index contributed by atoms with van der Waals surface area (Å²) in [5.41, 5.74) is 3.39. The van der Waals surface area contributed by atoms with Crippen molar-refractivity contribution in [1.29, 1.82) is 0 Å². The lowest BCUT2D eigenvalue weighted by Crippen LogP contribution is -2.48. The molecule has 2 aromatic carbocycles. The topological polar surface area (TPSA) is 49.4 Å². The number of benzene rings is 2. The standard InChI is InChI=1S/C24H31ClN2O2S/c1-17(2)13-26-24(29)19(4)27(14-20-9-11-22(25)12-10-20)23(28)16-30-15-21-8-6-5-7-18(21)3/h5-12,17,19H,13-16H2,1-4H3,(H,26,29). The van der Waals surface area contributed by atoms with Gasteiger partial charge in [-0.05, 0) is 48.6 Å². The van der Waals surface area contributed by atoms with Crippen molar-refractivity contribution in [3.05, 3.63) is 70.2 Å². The molecule has 30 heavy (non-hydrogen) atoms. The summed E-state index contributed by atoms with van der Waals surface area (Å²) >= 11 is 7.56. The molecular weight excluding hydrogens is 416 g/mol. The van der Waals surface area contributed by atoms with Crippen molar-refractivity contribution in [1.82, 2.24) is 10.2 Å². The van der Waals surface area contributed by atoms with Crippen LogP contribution in [0, 0.1) is 12.8 Å². The summed E-state index contributed by atoms with van der Waals surface area (Å²) in [6.45, 7) is 8.92. The van der Waals surface area contributed by atoms with Gasteiger partial charge in [0.2, 0.25) is 11.8 Å². The zero-order chi connectivity index (χ0) is 22.1. The Morgan fingerprint density at radius 3 is 2.37 bits per heavy atom. The largest absolute Gasteiger partial charge is 0.354 e. The Balaban J connectivity index is 2.06. The van der Waals surface area contributed by atoms with Gasteiger partial charge < -0.3 is 10.2 Å². The molecule has 0 spiro atoms. The van der Waals surface area contributed by atoms with Gasteiger partial charge in [0, 0.05) is 23.9 Å². The Labute approximate surface area is 189 Å². The molecule has 1 N–H and O–H groups in total. The molecular formula is C24H31ClN2O2S. The minimum atomic E-state index is -0.550. The Morgan fingerprint density at radius 2 is 1.73 bits per heavy atom. The van der Waals surface area contributed by atoms with E-state index in [9.17, 15) is 9.59 Å². The number of rotatable bonds is 10. The zero-order valence-electron chi connectivity index (χ0n) is 18.2. The fourth-order valence-electron chi connectivity index (χ4n) is 2.92. The molecule has 0 saturated carbocycles. The lowest BCUT2D eigenvalue weighted by molar-refractivity contribution is -0.138. The SMILES string of the molecule is Cc1ccccc1CSCC(=O)N(Cc1ccc(Cl)cc1)C(C)C(=O)NCC(C)C. The first-order valence-electron chi connectivity index (χ1n) is 10.2. The van der Waals surface area contributed by atoms with E-state index >= 15 is 0 Å². The van der Waals surface area contributed by atoms with Crippen molar-refractivity contribution in [2.75, 3.05) is 12.3 Å². The van der Waals surface area contributed by atoms with Crippen molar-refractivity contribution in [3.8, 4) is 0 Å². The lowest BCUT2D eigenvalue weighted by Gasteiger charge is -2.29. The molecule has 6 heteroatoms. The van der Waals surface area contributed by atoms with E-state index in [1.165, 1.54) is 11.1 Å². The Hall–Kier alpha value is -1.98. The molecule has 2 aromatic rings. The van der Waals surface area contributed by atoms with Crippen molar-refractivity contribution in [2.45, 2.75) is 46.0 Å². The Bertz CT molecular complexity index is 839. The smallest absolute Gasteiger partial charge is 0.242 e. The molecule has 1 atom stereocenters. The molecule has 2 rings (SSSR count). The van der Waals surface area contributed by atoms with Crippen LogP contribution in [0.4, 0.5) is 0 Å². The van der Waals surface area contributed by atoms with Crippen LogP contribution in [0.3, 0.4) is 0 Å². The van der Waals surface area contributed by atoms with Gasteiger partial charge in [0.05, 0.1) is 5.75 Å². The van der Waals surface area contributed by atoms with Gasteiger partial charge in [0.15, 0.2) is 0 Å². The van der Waals surface area contributed by atoms with Crippen LogP contribution in [0.1, 0.15) is 37.5 Å². The molecule has 1 unspecified atom stereocenters. The fraction of sp³-hybridized carbons (Fsp3) is 0.417. The van der Waals surface area contributed by atoms with Crippen molar-refractivity contribution >= 4 is 35.2 Å². The van der Waals surface area contributed by atoms with E-state index in [1.807, 2.05) is 38.1 Å². The molecule has 0 aliphatic carbocycles. The van der Waals surface area contributed by atoms with Crippen molar-refractivity contribution < 1.29 is 9.59 Å². The number of nitrogens with one attached hydrogen (secondary N) is 1. The molecule has 162 valence electrons. The number of halogens is 1. The monoisotopic (exact) mass is 446 g/mol. The number of aryl methyl sites for hydroxylation is 1. The molecule has 0 aliphatic heterocycles. The van der Waals surface area contributed by atoms with Crippen molar-refractivity contribution in [2.24, 2.45) is 5.92 Å². The highest BCUT2D eigenvalue weighted by atomic mass is 35.5. The van der Waals surface area contributed by atoms with Crippen LogP contribution in [0.15, 0.2) is 48.5 Å². The molecule has 4 nitrogen and oxygen atoms in total. The van der Waals surface area contributed by atoms with E-state index < -0.39 is 6.04 Å². The predicted molar refractivity (Wildman–Crippen MR) is 127 cm³/mol. The molecule has 0 bridgehead atoms. The van der Waals surface area contributed by atoms with Gasteiger partial charge in [-0.15, -0.1) is 11.8 Å². The molecule has 0 aliphatic rings. The second kappa shape index (κ2) is 12.0. The van der Waals surface area contributed by atoms with Gasteiger partial charge in [0.1, 0.15) is 6.04 Å². The highest BCUT2D eigenvalue weighted by Gasteiger charge is 2.26. The van der Waals surface area contributed by atoms with Gasteiger partial charge >= 0.3 is 0 Å². The highest BCUT2D eigenvalue weighted by molar-refractivity contribution is 7.99. The average molecular weight is 447 g/mol. The van der Waals surface area contributed by atoms with E-state index in [-0.39, 0.29) is 11.8 Å². The molecule has 0 radical (unpaired) electrons. The maximum Gasteiger partial charge on any atom is 0.242 e. The number of carbonyl (C=O) groups is 2. The Morgan fingerprint density at radius 1 is 1.07 bits per heavy atom. The second-order valence-electron chi connectivity index (χ2n) is 7.88. The number of hydrogen-bond donors (Lipinski definition) is 1. The van der Waals surface area contributed by atoms with Crippen LogP contribution < -0.4 is 5.32 Å². The van der Waals surface area contributed by atoms with Gasteiger partial charge in [-0.1, -0.05) is 61.8 Å². The van der Waals surface area contributed by atoms with Crippen LogP contribution in [0.2, 0.25) is 5.02 Å². The van der Waals surface area contributed by atoms with E-state index in [0.29, 0.717) is 29.8 Å². The second-order valence-corrected chi connectivity index (χ2v) is 9.30. The lowest BCUT2D eigenvalue weighted by atomic mass is 10.1. The zero-order valence-corrected chi connectivity index (χ0v) is 19.7. The number of amides is 2. The summed E-state index contributed by atoms with van der Waals surface area (Å²) in [5.74, 6) is 1.27. The van der Waals surface area contributed by atoms with Crippen LogP contribution in [0.5, 0.6) is 0 Å². The van der Waals surface area contributed by atoms with E-state index in [1.54, 1.807) is 35.7 Å². The number of hydrogen-bond acceptors (Lipinski definition) is 3. The van der Waals surface area contributed by atoms with Gasteiger partial charge in [-0.25, -0.2) is 0 Å². The maximum atomic E-state index is 13.1. The van der Waals surface area contributed by atoms with E-state index in [0.717, 1.165) is 11.3 Å². The summed E-state index contributed by atoms with van der Waals surface area (Å²) in [5, 5.41) is 3.59. The van der Waals surface area contributed by atoms with E-state index in [4.69, 9.17) is 11.6 Å². The van der Waals surface area contributed by atoms with E-state index in [2.05, 4.69) is 24.4 Å². The average Bonchev–Trinajstić information content (AvgIpc) is 2.72. The first kappa shape index (κ1) is 24.3. The summed E-state index contributed by atoms with van der Waals surface area (Å²) < 4.78 is 0. The number of nitrogens with zero attached hydrogens (tertiary/aromatic N) is 1. The van der Waals surface area contributed by atoms with Crippen LogP contribution in [0.25, 0.3) is 0 Å². The summed E-state index contributed by atoms with van der Waals surface area (Å²) in [7, 11) is 0.